The molecule has 1 aromatic heterocycles. The number of hydrogen-bond donors (Lipinski definition) is 0. The van der Waals surface area contributed by atoms with E-state index in [4.69, 9.17) is 0 Å². The highest BCUT2D eigenvalue weighted by Gasteiger charge is 2.37. The molecule has 1 atom stereocenters. The fraction of sp³-hybridized carbons (Fsp3) is 0.0505. The Kier molecular flexibility index (Phi) is 14.0. The van der Waals surface area contributed by atoms with Gasteiger partial charge in [-0.25, -0.2) is 0 Å². The van der Waals surface area contributed by atoms with Gasteiger partial charge < -0.3 is 19.3 Å². The van der Waals surface area contributed by atoms with Crippen molar-refractivity contribution in [1.29, 1.82) is 0 Å². The maximum absolute atomic E-state index is 2.59. The van der Waals surface area contributed by atoms with E-state index in [1.807, 2.05) is 0 Å². The lowest BCUT2D eigenvalue weighted by Crippen LogP contribution is -2.27. The van der Waals surface area contributed by atoms with E-state index in [1.54, 1.807) is 0 Å². The minimum Gasteiger partial charge on any atom is -0.310 e. The van der Waals surface area contributed by atoms with Crippen LogP contribution in [0.25, 0.3) is 114 Å². The molecule has 4 nitrogen and oxygen atoms in total. The van der Waals surface area contributed by atoms with Crippen LogP contribution in [0.3, 0.4) is 0 Å². The summed E-state index contributed by atoms with van der Waals surface area (Å²) in [7, 11) is 0. The largest absolute Gasteiger partial charge is 0.310 e. The van der Waals surface area contributed by atoms with Gasteiger partial charge in [-0.15, -0.1) is 0 Å². The van der Waals surface area contributed by atoms with Crippen LogP contribution in [0.5, 0.6) is 0 Å². The quantitative estimate of drug-likeness (QED) is 0.121. The third-order valence-electron chi connectivity index (χ3n) is 22.1. The summed E-state index contributed by atoms with van der Waals surface area (Å²) in [5.41, 5.74) is 22.1. The lowest BCUT2D eigenvalue weighted by atomic mass is 9.72. The maximum atomic E-state index is 2.59. The molecule has 0 N–H and O–H groups in total. The monoisotopic (exact) mass is 1310 g/mol. The van der Waals surface area contributed by atoms with Crippen LogP contribution >= 0.6 is 0 Å². The molecule has 0 saturated carbocycles. The minimum absolute atomic E-state index is 0.173. The molecule has 0 saturated heterocycles. The predicted octanol–water partition coefficient (Wildman–Crippen LogP) is 27.4. The van der Waals surface area contributed by atoms with E-state index in [1.165, 1.54) is 137 Å². The molecule has 1 aliphatic heterocycles. The second-order valence-corrected chi connectivity index (χ2v) is 28.4. The highest BCUT2D eigenvalue weighted by Crippen LogP contribution is 2.52. The molecule has 20 rings (SSSR count). The van der Waals surface area contributed by atoms with E-state index in [2.05, 4.69) is 403 Å². The summed E-state index contributed by atoms with van der Waals surface area (Å²) in [5, 5.41) is 17.1. The van der Waals surface area contributed by atoms with E-state index in [9.17, 15) is 0 Å². The van der Waals surface area contributed by atoms with E-state index in [0.717, 1.165) is 51.8 Å². The van der Waals surface area contributed by atoms with Gasteiger partial charge in [-0.1, -0.05) is 269 Å². The van der Waals surface area contributed by atoms with Crippen LogP contribution in [0.15, 0.2) is 376 Å². The lowest BCUT2D eigenvalue weighted by Gasteiger charge is -2.36. The maximum Gasteiger partial charge on any atom is 0.0582 e. The summed E-state index contributed by atoms with van der Waals surface area (Å²) in [6.07, 6.45) is 8.14. The molecule has 0 amide bonds. The van der Waals surface area contributed by atoms with E-state index >= 15 is 0 Å². The number of aromatic nitrogens is 1. The summed E-state index contributed by atoms with van der Waals surface area (Å²) in [4.78, 5) is 7.31. The molecule has 1 aliphatic carbocycles. The van der Waals surface area contributed by atoms with Crippen LogP contribution < -0.4 is 14.7 Å². The predicted molar refractivity (Wildman–Crippen MR) is 438 cm³/mol. The van der Waals surface area contributed by atoms with Crippen LogP contribution in [0.4, 0.5) is 45.5 Å². The summed E-state index contributed by atoms with van der Waals surface area (Å²) >= 11 is 0. The molecule has 0 bridgehead atoms. The van der Waals surface area contributed by atoms with Gasteiger partial charge in [0.25, 0.3) is 0 Å². The Labute approximate surface area is 599 Å². The first-order valence-corrected chi connectivity index (χ1v) is 36.0. The van der Waals surface area contributed by atoms with Crippen LogP contribution in [0, 0.1) is 0 Å². The standard InChI is InChI=1S/C99H70N4/c1-99(2)91-63-78(69-38-49-81(50-39-69)101(84-54-43-66-19-4-7-25-75(66)59-84)94-34-16-28-72-22-10-13-31-87(72)94)46-57-97(91)103-96-56-45-77(68-36-47-80(48-37-68)100(83-53-42-65-18-3-6-24-74(65)58-83)93-33-15-27-71-21-9-12-30-86(71)93)61-89(96)90-62-79(64-92(99)98(90)103)70-40-51-82(52-41-70)102(85-55-44-67-20-5-8-26-76(67)60-85)95-35-17-29-73-23-11-14-32-88(73)95/h3-38,40-64,69H,39H2,1-2H3. The zero-order valence-electron chi connectivity index (χ0n) is 57.3. The molecule has 1 unspecified atom stereocenters. The number of allylic oxidation sites excluding steroid dienone is 3. The van der Waals surface area contributed by atoms with Crippen molar-refractivity contribution in [3.05, 3.63) is 392 Å². The Morgan fingerprint density at radius 1 is 0.301 bits per heavy atom. The van der Waals surface area contributed by atoms with Gasteiger partial charge in [0.05, 0.1) is 33.8 Å². The van der Waals surface area contributed by atoms with Crippen LogP contribution in [0.2, 0.25) is 0 Å². The molecular formula is C99H70N4. The van der Waals surface area contributed by atoms with Crippen molar-refractivity contribution in [1.82, 2.24) is 4.57 Å². The van der Waals surface area contributed by atoms with Gasteiger partial charge in [-0.3, -0.25) is 0 Å². The Bertz CT molecular complexity index is 6510. The van der Waals surface area contributed by atoms with Crippen LogP contribution in [0.1, 0.15) is 42.9 Å². The lowest BCUT2D eigenvalue weighted by molar-refractivity contribution is 0.628. The second-order valence-electron chi connectivity index (χ2n) is 28.4. The fourth-order valence-electron chi connectivity index (χ4n) is 16.9. The molecule has 486 valence electrons. The topological polar surface area (TPSA) is 14.7 Å². The van der Waals surface area contributed by atoms with Gasteiger partial charge in [0.2, 0.25) is 0 Å². The van der Waals surface area contributed by atoms with Crippen molar-refractivity contribution >= 4 is 132 Å². The number of hydrogen-bond acceptors (Lipinski definition) is 3. The molecule has 2 aliphatic rings. The molecule has 18 aromatic rings. The Morgan fingerprint density at radius 3 is 1.21 bits per heavy atom. The highest BCUT2D eigenvalue weighted by molar-refractivity contribution is 6.14. The first-order valence-electron chi connectivity index (χ1n) is 36.0. The normalized spacial score (nSPS) is 13.9. The zero-order valence-corrected chi connectivity index (χ0v) is 57.3. The number of fused-ring (bicyclic) bond motifs is 11. The van der Waals surface area contributed by atoms with E-state index in [-0.39, 0.29) is 11.3 Å². The number of rotatable bonds is 12. The van der Waals surface area contributed by atoms with E-state index in [0.29, 0.717) is 0 Å². The van der Waals surface area contributed by atoms with Gasteiger partial charge >= 0.3 is 0 Å². The smallest absolute Gasteiger partial charge is 0.0582 e. The number of nitrogens with zero attached hydrogens (tertiary/aromatic N) is 4. The zero-order chi connectivity index (χ0) is 68.3. The highest BCUT2D eigenvalue weighted by atomic mass is 15.2. The average Bonchev–Trinajstić information content (AvgIpc) is 1.56. The molecular weight excluding hydrogens is 1250 g/mol. The minimum atomic E-state index is -0.383. The SMILES string of the molecule is CC1(C)c2cc(C3C=CC(N(c4ccc5ccccc5c4)c4cccc5ccccc45)=CC3)ccc2-n2c3ccc(-c4ccc(N(c5ccc6ccccc6c5)c5cccc6ccccc56)cc4)cc3c3cc(-c4ccc(N(c5ccc6ccccc6c5)c5cccc6ccccc56)cc4)cc1c32. The van der Waals surface area contributed by atoms with Crippen molar-refractivity contribution < 1.29 is 0 Å². The van der Waals surface area contributed by atoms with Crippen molar-refractivity contribution in [3.63, 3.8) is 0 Å². The molecule has 4 heteroatoms. The molecule has 0 radical (unpaired) electrons. The summed E-state index contributed by atoms with van der Waals surface area (Å²) < 4.78 is 2.59. The van der Waals surface area contributed by atoms with Crippen LogP contribution in [-0.2, 0) is 5.41 Å². The van der Waals surface area contributed by atoms with Crippen LogP contribution in [-0.4, -0.2) is 4.57 Å². The molecule has 0 fully saturated rings. The summed E-state index contributed by atoms with van der Waals surface area (Å²) in [6, 6.07) is 131. The molecule has 0 spiro atoms. The fourth-order valence-corrected chi connectivity index (χ4v) is 16.9. The van der Waals surface area contributed by atoms with Crippen molar-refractivity contribution in [3.8, 4) is 27.9 Å². The van der Waals surface area contributed by atoms with Crippen molar-refractivity contribution in [2.75, 3.05) is 14.7 Å². The Morgan fingerprint density at radius 2 is 0.718 bits per heavy atom. The van der Waals surface area contributed by atoms with Crippen molar-refractivity contribution in [2.24, 2.45) is 0 Å². The van der Waals surface area contributed by atoms with Gasteiger partial charge in [0, 0.05) is 72.4 Å². The second kappa shape index (κ2) is 24.1. The summed E-state index contributed by atoms with van der Waals surface area (Å²) in [6.45, 7) is 4.91. The first kappa shape index (κ1) is 60.0. The van der Waals surface area contributed by atoms with E-state index < -0.39 is 0 Å². The van der Waals surface area contributed by atoms with Gasteiger partial charge in [-0.05, 0) is 209 Å². The third kappa shape index (κ3) is 10.1. The number of anilines is 8. The van der Waals surface area contributed by atoms with Gasteiger partial charge in [0.15, 0.2) is 0 Å². The molecule has 2 heterocycles. The van der Waals surface area contributed by atoms with Gasteiger partial charge in [-0.2, -0.15) is 0 Å². The molecule has 103 heavy (non-hydrogen) atoms. The first-order chi connectivity index (χ1) is 50.8. The number of benzene rings is 17. The Hall–Kier alpha value is -13.0. The van der Waals surface area contributed by atoms with Crippen molar-refractivity contribution in [2.45, 2.75) is 31.6 Å². The Balaban J connectivity index is 0.713. The molecule has 17 aromatic carbocycles. The summed E-state index contributed by atoms with van der Waals surface area (Å²) in [5.74, 6) is 0.173. The third-order valence-corrected chi connectivity index (χ3v) is 22.1. The average molecular weight is 1320 g/mol. The van der Waals surface area contributed by atoms with Gasteiger partial charge in [0.1, 0.15) is 0 Å².